The number of hydrogen-bond donors (Lipinski definition) is 1. The van der Waals surface area contributed by atoms with Crippen molar-refractivity contribution >= 4 is 23.8 Å². The van der Waals surface area contributed by atoms with E-state index in [9.17, 15) is 4.79 Å². The van der Waals surface area contributed by atoms with Crippen LogP contribution < -0.4 is 4.74 Å². The fourth-order valence-electron chi connectivity index (χ4n) is 2.12. The minimum Gasteiger partial charge on any atom is -0.479 e. The molecule has 0 spiro atoms. The first kappa shape index (κ1) is 19.2. The van der Waals surface area contributed by atoms with Crippen LogP contribution >= 0.6 is 0 Å². The molecule has 0 amide bonds. The van der Waals surface area contributed by atoms with Crippen LogP contribution in [0.5, 0.6) is 5.75 Å². The molecule has 0 bridgehead atoms. The maximum Gasteiger partial charge on any atom is 0.344 e. The van der Waals surface area contributed by atoms with Gasteiger partial charge in [-0.3, -0.25) is 5.01 Å². The Morgan fingerprint density at radius 1 is 1.08 bits per heavy atom. The lowest BCUT2D eigenvalue weighted by atomic mass is 10.1. The maximum absolute atomic E-state index is 11.0. The maximum atomic E-state index is 11.0. The van der Waals surface area contributed by atoms with Gasteiger partial charge in [0.2, 0.25) is 0 Å². The van der Waals surface area contributed by atoms with Crippen LogP contribution in [0.1, 0.15) is 24.5 Å². The van der Waals surface area contributed by atoms with Crippen LogP contribution in [0.15, 0.2) is 58.9 Å². The Labute approximate surface area is 153 Å². The Morgan fingerprint density at radius 3 is 2.08 bits per heavy atom. The highest BCUT2D eigenvalue weighted by Gasteiger charge is 2.16. The number of benzene rings is 2. The minimum atomic E-state index is -0.954. The van der Waals surface area contributed by atoms with E-state index in [2.05, 4.69) is 10.3 Å². The zero-order chi connectivity index (χ0) is 18.9. The summed E-state index contributed by atoms with van der Waals surface area (Å²) >= 11 is 0. The van der Waals surface area contributed by atoms with E-state index in [1.165, 1.54) is 0 Å². The first-order chi connectivity index (χ1) is 12.5. The van der Waals surface area contributed by atoms with Crippen molar-refractivity contribution in [1.29, 1.82) is 0 Å². The van der Waals surface area contributed by atoms with Crippen molar-refractivity contribution in [2.75, 3.05) is 14.1 Å². The van der Waals surface area contributed by atoms with E-state index >= 15 is 0 Å². The summed E-state index contributed by atoms with van der Waals surface area (Å²) in [7, 11) is 3.64. The third kappa shape index (κ3) is 6.05. The van der Waals surface area contributed by atoms with Gasteiger partial charge in [-0.1, -0.05) is 48.6 Å². The summed E-state index contributed by atoms with van der Waals surface area (Å²) in [6, 6.07) is 15.1. The van der Waals surface area contributed by atoms with Gasteiger partial charge in [-0.25, -0.2) is 4.79 Å². The van der Waals surface area contributed by atoms with Crippen LogP contribution in [0, 0.1) is 0 Å². The highest BCUT2D eigenvalue weighted by Crippen LogP contribution is 2.18. The molecular weight excluding hydrogens is 330 g/mol. The summed E-state index contributed by atoms with van der Waals surface area (Å²) in [5, 5.41) is 18.7. The Balaban J connectivity index is 1.98. The Hall–Kier alpha value is -3.15. The lowest BCUT2D eigenvalue weighted by molar-refractivity contribution is -0.145. The van der Waals surface area contributed by atoms with Gasteiger partial charge in [0.05, 0.1) is 5.69 Å². The SMILES string of the molecule is CCC(Oc1ccc(C=Cc2ccc(/N=N\N(C)C)cc2)cc1)C(=O)O. The summed E-state index contributed by atoms with van der Waals surface area (Å²) < 4.78 is 5.45. The summed E-state index contributed by atoms with van der Waals surface area (Å²) in [6.07, 6.45) is 3.57. The molecule has 0 fully saturated rings. The first-order valence-electron chi connectivity index (χ1n) is 8.34. The molecule has 0 aliphatic rings. The molecule has 0 aliphatic heterocycles. The van der Waals surface area contributed by atoms with Crippen molar-refractivity contribution in [3.05, 3.63) is 59.7 Å². The van der Waals surface area contributed by atoms with Crippen LogP contribution in [0.3, 0.4) is 0 Å². The molecular formula is C20H23N3O3. The number of nitrogens with zero attached hydrogens (tertiary/aromatic N) is 3. The lowest BCUT2D eigenvalue weighted by Gasteiger charge is -2.12. The molecule has 6 nitrogen and oxygen atoms in total. The van der Waals surface area contributed by atoms with Crippen molar-refractivity contribution in [1.82, 2.24) is 5.01 Å². The van der Waals surface area contributed by atoms with E-state index in [-0.39, 0.29) is 0 Å². The topological polar surface area (TPSA) is 74.5 Å². The number of ether oxygens (including phenoxy) is 1. The molecule has 2 rings (SSSR count). The van der Waals surface area contributed by atoms with Crippen LogP contribution in [0.4, 0.5) is 5.69 Å². The Bertz CT molecular complexity index is 766. The molecule has 2 aromatic rings. The zero-order valence-electron chi connectivity index (χ0n) is 15.2. The van der Waals surface area contributed by atoms with Crippen molar-refractivity contribution in [2.45, 2.75) is 19.4 Å². The fourth-order valence-corrected chi connectivity index (χ4v) is 2.12. The van der Waals surface area contributed by atoms with Crippen molar-refractivity contribution in [3.63, 3.8) is 0 Å². The number of aliphatic carboxylic acids is 1. The van der Waals surface area contributed by atoms with E-state index in [0.29, 0.717) is 12.2 Å². The van der Waals surface area contributed by atoms with Crippen LogP contribution in [0.2, 0.25) is 0 Å². The second-order valence-corrected chi connectivity index (χ2v) is 5.88. The largest absolute Gasteiger partial charge is 0.479 e. The third-order valence-electron chi connectivity index (χ3n) is 3.51. The van der Waals surface area contributed by atoms with Gasteiger partial charge in [0, 0.05) is 14.1 Å². The average Bonchev–Trinajstić information content (AvgIpc) is 2.64. The van der Waals surface area contributed by atoms with Gasteiger partial charge in [0.1, 0.15) is 5.75 Å². The van der Waals surface area contributed by atoms with Gasteiger partial charge < -0.3 is 9.84 Å². The molecule has 0 aliphatic carbocycles. The molecule has 1 unspecified atom stereocenters. The number of carbonyl (C=O) groups is 1. The fraction of sp³-hybridized carbons (Fsp3) is 0.250. The number of rotatable bonds is 8. The molecule has 0 saturated heterocycles. The van der Waals surface area contributed by atoms with E-state index in [0.717, 1.165) is 16.8 Å². The van der Waals surface area contributed by atoms with Crippen LogP contribution in [-0.2, 0) is 4.79 Å². The molecule has 1 atom stereocenters. The third-order valence-corrected chi connectivity index (χ3v) is 3.51. The predicted octanol–water partition coefficient (Wildman–Crippen LogP) is 4.66. The average molecular weight is 353 g/mol. The van der Waals surface area contributed by atoms with Crippen molar-refractivity contribution in [3.8, 4) is 5.75 Å². The summed E-state index contributed by atoms with van der Waals surface area (Å²) in [5.74, 6) is -0.406. The van der Waals surface area contributed by atoms with Gasteiger partial charge in [0.15, 0.2) is 6.10 Å². The lowest BCUT2D eigenvalue weighted by Crippen LogP contribution is -2.25. The molecule has 6 heteroatoms. The second kappa shape index (κ2) is 9.36. The molecule has 0 radical (unpaired) electrons. The van der Waals surface area contributed by atoms with Crippen molar-refractivity contribution in [2.24, 2.45) is 10.3 Å². The smallest absolute Gasteiger partial charge is 0.344 e. The molecule has 0 aromatic heterocycles. The van der Waals surface area contributed by atoms with E-state index in [1.807, 2.05) is 62.6 Å². The summed E-state index contributed by atoms with van der Waals surface area (Å²) in [6.45, 7) is 1.78. The standard InChI is InChI=1S/C20H23N3O3/c1-4-19(20(24)25)26-18-13-9-16(10-14-18)6-5-15-7-11-17(12-8-15)21-22-23(2)3/h5-14,19H,4H2,1-3H3,(H,24,25)/b6-5?,22-21-. The van der Waals surface area contributed by atoms with Gasteiger partial charge in [-0.15, -0.1) is 5.11 Å². The zero-order valence-corrected chi connectivity index (χ0v) is 15.2. The minimum absolute atomic E-state index is 0.418. The molecule has 0 saturated carbocycles. The highest BCUT2D eigenvalue weighted by molar-refractivity contribution is 5.73. The molecule has 136 valence electrons. The first-order valence-corrected chi connectivity index (χ1v) is 8.34. The summed E-state index contributed by atoms with van der Waals surface area (Å²) in [5.41, 5.74) is 2.84. The second-order valence-electron chi connectivity index (χ2n) is 5.88. The van der Waals surface area contributed by atoms with Crippen molar-refractivity contribution < 1.29 is 14.6 Å². The quantitative estimate of drug-likeness (QED) is 0.425. The molecule has 0 heterocycles. The highest BCUT2D eigenvalue weighted by atomic mass is 16.5. The number of carboxylic acids is 1. The number of hydrogen-bond acceptors (Lipinski definition) is 4. The normalized spacial score (nSPS) is 12.4. The van der Waals surface area contributed by atoms with E-state index < -0.39 is 12.1 Å². The van der Waals surface area contributed by atoms with Gasteiger partial charge in [-0.05, 0) is 41.8 Å². The van der Waals surface area contributed by atoms with E-state index in [4.69, 9.17) is 9.84 Å². The van der Waals surface area contributed by atoms with E-state index in [1.54, 1.807) is 24.1 Å². The molecule has 2 aromatic carbocycles. The van der Waals surface area contributed by atoms with Gasteiger partial charge in [0.25, 0.3) is 0 Å². The Kier molecular flexibility index (Phi) is 6.91. The van der Waals surface area contributed by atoms with Crippen LogP contribution in [0.25, 0.3) is 12.2 Å². The summed E-state index contributed by atoms with van der Waals surface area (Å²) in [4.78, 5) is 11.0. The molecule has 1 N–H and O–H groups in total. The van der Waals surface area contributed by atoms with Gasteiger partial charge in [-0.2, -0.15) is 0 Å². The number of carboxylic acid groups (broad SMARTS) is 1. The Morgan fingerprint density at radius 2 is 1.62 bits per heavy atom. The monoisotopic (exact) mass is 353 g/mol. The molecule has 26 heavy (non-hydrogen) atoms. The van der Waals surface area contributed by atoms with Gasteiger partial charge >= 0.3 is 5.97 Å². The van der Waals surface area contributed by atoms with Crippen LogP contribution in [-0.4, -0.2) is 36.3 Å². The predicted molar refractivity (Wildman–Crippen MR) is 102 cm³/mol.